The second-order valence-electron chi connectivity index (χ2n) is 7.22. The van der Waals surface area contributed by atoms with Crippen LogP contribution in [0.15, 0.2) is 34.4 Å². The van der Waals surface area contributed by atoms with E-state index >= 15 is 0 Å². The van der Waals surface area contributed by atoms with Gasteiger partial charge in [0.15, 0.2) is 0 Å². The third-order valence-corrected chi connectivity index (χ3v) is 6.18. The number of hydrogen-bond acceptors (Lipinski definition) is 4. The van der Waals surface area contributed by atoms with Crippen LogP contribution in [0.25, 0.3) is 32.1 Å². The molecule has 0 bridgehead atoms. The van der Waals surface area contributed by atoms with Gasteiger partial charge >= 0.3 is 0 Å². The normalized spacial score (nSPS) is 12.8. The Morgan fingerprint density at radius 2 is 2.04 bits per heavy atom. The van der Waals surface area contributed by atoms with Crippen LogP contribution in [-0.2, 0) is 0 Å². The van der Waals surface area contributed by atoms with Crippen molar-refractivity contribution in [3.63, 3.8) is 0 Å². The van der Waals surface area contributed by atoms with Crippen LogP contribution in [0.2, 0.25) is 0 Å². The van der Waals surface area contributed by atoms with Crippen molar-refractivity contribution in [2.75, 3.05) is 13.6 Å². The van der Waals surface area contributed by atoms with Crippen LogP contribution in [0, 0.1) is 19.7 Å². The maximum absolute atomic E-state index is 14.9. The van der Waals surface area contributed by atoms with Gasteiger partial charge in [-0.15, -0.1) is 11.3 Å². The lowest BCUT2D eigenvalue weighted by atomic mass is 9.93. The molecule has 3 heterocycles. The van der Waals surface area contributed by atoms with E-state index in [0.29, 0.717) is 22.3 Å². The van der Waals surface area contributed by atoms with Gasteiger partial charge in [0.2, 0.25) is 0 Å². The first-order valence-corrected chi connectivity index (χ1v) is 10.1. The van der Waals surface area contributed by atoms with Crippen LogP contribution in [0.3, 0.4) is 0 Å². The third kappa shape index (κ3) is 2.93. The fourth-order valence-corrected chi connectivity index (χ4v) is 4.77. The van der Waals surface area contributed by atoms with E-state index < -0.39 is 0 Å². The molecule has 0 radical (unpaired) electrons. The number of hydrogen-bond donors (Lipinski definition) is 2. The molecule has 28 heavy (non-hydrogen) atoms. The molecule has 0 saturated heterocycles. The highest BCUT2D eigenvalue weighted by Gasteiger charge is 2.19. The number of H-pyrrole nitrogens is 1. The number of likely N-dealkylation sites (N-methyl/N-ethyl adjacent to an activating group) is 1. The van der Waals surface area contributed by atoms with E-state index in [1.165, 1.54) is 11.3 Å². The molecule has 0 aliphatic carbocycles. The molecule has 3 aromatic heterocycles. The van der Waals surface area contributed by atoms with E-state index in [2.05, 4.69) is 15.3 Å². The van der Waals surface area contributed by atoms with Crippen molar-refractivity contribution < 1.29 is 4.39 Å². The summed E-state index contributed by atoms with van der Waals surface area (Å²) in [6, 6.07) is 7.35. The zero-order valence-electron chi connectivity index (χ0n) is 16.3. The van der Waals surface area contributed by atoms with Crippen molar-refractivity contribution in [3.8, 4) is 11.1 Å². The molecule has 1 aromatic carbocycles. The van der Waals surface area contributed by atoms with Crippen molar-refractivity contribution in [1.82, 2.24) is 15.3 Å². The molecule has 1 atom stereocenters. The first-order chi connectivity index (χ1) is 13.4. The predicted octanol–water partition coefficient (Wildman–Crippen LogP) is 4.88. The number of thiophene rings is 1. The molecule has 0 aliphatic heterocycles. The topological polar surface area (TPSA) is 57.8 Å². The summed E-state index contributed by atoms with van der Waals surface area (Å²) in [5.74, 6) is -0.146. The number of benzene rings is 1. The standard InChI is InChI=1S/C22H22FN3OS/c1-11(10-24-4)15-6-5-14(9-17(15)23)18-12(2)25-13(3)20-19(18)16-7-8-28-21(16)22(27)26-20/h5-9,11,24H,10H2,1-4H3,(H,26,27)/t11-/m0/s1. The first kappa shape index (κ1) is 18.8. The van der Waals surface area contributed by atoms with Gasteiger partial charge in [-0.1, -0.05) is 19.1 Å². The lowest BCUT2D eigenvalue weighted by molar-refractivity contribution is 0.577. The molecular formula is C22H22FN3OS. The molecule has 144 valence electrons. The number of pyridine rings is 2. The highest BCUT2D eigenvalue weighted by molar-refractivity contribution is 7.17. The molecule has 0 aliphatic rings. The van der Waals surface area contributed by atoms with Crippen LogP contribution in [-0.4, -0.2) is 23.6 Å². The Morgan fingerprint density at radius 1 is 1.25 bits per heavy atom. The average molecular weight is 396 g/mol. The molecule has 0 fully saturated rings. The molecule has 4 aromatic rings. The molecule has 4 rings (SSSR count). The summed E-state index contributed by atoms with van der Waals surface area (Å²) in [6.45, 7) is 6.53. The summed E-state index contributed by atoms with van der Waals surface area (Å²) < 4.78 is 15.6. The molecule has 0 spiro atoms. The SMILES string of the molecule is CNC[C@H](C)c1ccc(-c2c(C)nc(C)c3[nH]c(=O)c4sccc4c23)cc1F. The van der Waals surface area contributed by atoms with E-state index in [0.717, 1.165) is 33.3 Å². The van der Waals surface area contributed by atoms with Crippen LogP contribution >= 0.6 is 11.3 Å². The van der Waals surface area contributed by atoms with Gasteiger partial charge in [0, 0.05) is 28.6 Å². The summed E-state index contributed by atoms with van der Waals surface area (Å²) in [4.78, 5) is 20.0. The number of aryl methyl sites for hydroxylation is 2. The zero-order chi connectivity index (χ0) is 20.0. The Morgan fingerprint density at radius 3 is 2.75 bits per heavy atom. The molecule has 6 heteroatoms. The quantitative estimate of drug-likeness (QED) is 0.518. The van der Waals surface area contributed by atoms with Crippen LogP contribution in [0.1, 0.15) is 29.8 Å². The highest BCUT2D eigenvalue weighted by atomic mass is 32.1. The molecular weight excluding hydrogens is 373 g/mol. The Balaban J connectivity index is 2.03. The van der Waals surface area contributed by atoms with Crippen LogP contribution in [0.5, 0.6) is 0 Å². The monoisotopic (exact) mass is 395 g/mol. The molecule has 0 saturated carbocycles. The summed E-state index contributed by atoms with van der Waals surface area (Å²) in [6.07, 6.45) is 0. The maximum atomic E-state index is 14.9. The molecule has 4 nitrogen and oxygen atoms in total. The molecule has 0 amide bonds. The Hall–Kier alpha value is -2.57. The number of aromatic nitrogens is 2. The van der Waals surface area contributed by atoms with Crippen molar-refractivity contribution in [3.05, 3.63) is 62.8 Å². The number of aromatic amines is 1. The molecule has 2 N–H and O–H groups in total. The minimum Gasteiger partial charge on any atom is -0.319 e. The third-order valence-electron chi connectivity index (χ3n) is 5.27. The Bertz CT molecular complexity index is 1260. The number of fused-ring (bicyclic) bond motifs is 3. The summed E-state index contributed by atoms with van der Waals surface area (Å²) in [7, 11) is 1.86. The molecule has 0 unspecified atom stereocenters. The average Bonchev–Trinajstić information content (AvgIpc) is 3.13. The predicted molar refractivity (Wildman–Crippen MR) is 115 cm³/mol. The first-order valence-electron chi connectivity index (χ1n) is 9.27. The van der Waals surface area contributed by atoms with Crippen molar-refractivity contribution in [1.29, 1.82) is 0 Å². The summed E-state index contributed by atoms with van der Waals surface area (Å²) >= 11 is 1.41. The minimum atomic E-state index is -0.223. The van der Waals surface area contributed by atoms with Gasteiger partial charge in [-0.2, -0.15) is 0 Å². The Labute approximate surface area is 166 Å². The lowest BCUT2D eigenvalue weighted by Crippen LogP contribution is -2.15. The zero-order valence-corrected chi connectivity index (χ0v) is 17.1. The van der Waals surface area contributed by atoms with Gasteiger partial charge in [-0.25, -0.2) is 4.39 Å². The van der Waals surface area contributed by atoms with Gasteiger partial charge in [-0.3, -0.25) is 9.78 Å². The van der Waals surface area contributed by atoms with E-state index in [-0.39, 0.29) is 17.3 Å². The maximum Gasteiger partial charge on any atom is 0.266 e. The fourth-order valence-electron chi connectivity index (χ4n) is 3.98. The largest absolute Gasteiger partial charge is 0.319 e. The van der Waals surface area contributed by atoms with Gasteiger partial charge in [0.05, 0.1) is 11.2 Å². The summed E-state index contributed by atoms with van der Waals surface area (Å²) in [5, 5.41) is 6.82. The van der Waals surface area contributed by atoms with Crippen LogP contribution in [0.4, 0.5) is 4.39 Å². The number of nitrogens with one attached hydrogen (secondary N) is 2. The van der Waals surface area contributed by atoms with Gasteiger partial charge in [0.1, 0.15) is 10.5 Å². The second kappa shape index (κ2) is 7.11. The van der Waals surface area contributed by atoms with E-state index in [1.54, 1.807) is 6.07 Å². The lowest BCUT2D eigenvalue weighted by Gasteiger charge is -2.16. The van der Waals surface area contributed by atoms with E-state index in [4.69, 9.17) is 0 Å². The van der Waals surface area contributed by atoms with Crippen molar-refractivity contribution in [2.24, 2.45) is 0 Å². The second-order valence-corrected chi connectivity index (χ2v) is 8.14. The fraction of sp³-hybridized carbons (Fsp3) is 0.273. The smallest absolute Gasteiger partial charge is 0.266 e. The number of halogens is 1. The van der Waals surface area contributed by atoms with Gasteiger partial charge < -0.3 is 10.3 Å². The van der Waals surface area contributed by atoms with Crippen molar-refractivity contribution >= 4 is 32.3 Å². The van der Waals surface area contributed by atoms with Crippen LogP contribution < -0.4 is 10.9 Å². The van der Waals surface area contributed by atoms with Gasteiger partial charge in [0.25, 0.3) is 5.56 Å². The van der Waals surface area contributed by atoms with Crippen molar-refractivity contribution in [2.45, 2.75) is 26.7 Å². The Kier molecular flexibility index (Phi) is 4.77. The number of nitrogens with zero attached hydrogens (tertiary/aromatic N) is 1. The highest BCUT2D eigenvalue weighted by Crippen LogP contribution is 2.37. The summed E-state index contributed by atoms with van der Waals surface area (Å²) in [5.41, 5.74) is 4.51. The van der Waals surface area contributed by atoms with Gasteiger partial charge in [-0.05, 0) is 55.5 Å². The van der Waals surface area contributed by atoms with E-state index in [1.807, 2.05) is 51.4 Å². The number of rotatable bonds is 4. The minimum absolute atomic E-state index is 0.0768. The van der Waals surface area contributed by atoms with E-state index in [9.17, 15) is 9.18 Å².